The first-order chi connectivity index (χ1) is 7.58. The van der Waals surface area contributed by atoms with Crippen molar-refractivity contribution in [1.29, 1.82) is 0 Å². The van der Waals surface area contributed by atoms with Crippen LogP contribution >= 0.6 is 0 Å². The minimum absolute atomic E-state index is 0.0859. The van der Waals surface area contributed by atoms with Gasteiger partial charge in [0.2, 0.25) is 5.91 Å². The van der Waals surface area contributed by atoms with Crippen LogP contribution in [0, 0.1) is 5.92 Å². The Morgan fingerprint density at radius 1 is 1.38 bits per heavy atom. The molecular weight excluding hydrogens is 204 g/mol. The van der Waals surface area contributed by atoms with Crippen molar-refractivity contribution in [3.63, 3.8) is 0 Å². The van der Waals surface area contributed by atoms with Gasteiger partial charge in [-0.05, 0) is 30.2 Å². The molecule has 0 aliphatic heterocycles. The van der Waals surface area contributed by atoms with Crippen molar-refractivity contribution >= 4 is 17.3 Å². The monoisotopic (exact) mass is 222 g/mol. The number of benzene rings is 1. The highest BCUT2D eigenvalue weighted by Gasteiger charge is 2.03. The summed E-state index contributed by atoms with van der Waals surface area (Å²) >= 11 is 0. The lowest BCUT2D eigenvalue weighted by Gasteiger charge is -2.07. The number of anilines is 2. The third-order valence-corrected chi connectivity index (χ3v) is 1.88. The van der Waals surface area contributed by atoms with E-state index in [0.29, 0.717) is 18.2 Å². The molecule has 1 amide bonds. The molecule has 0 atom stereocenters. The topological polar surface area (TPSA) is 64.3 Å². The van der Waals surface area contributed by atoms with Gasteiger partial charge in [0.05, 0.1) is 0 Å². The normalized spacial score (nSPS) is 10.4. The Kier molecular flexibility index (Phi) is 4.79. The highest BCUT2D eigenvalue weighted by Crippen LogP contribution is 2.10. The van der Waals surface area contributed by atoms with Gasteiger partial charge in [-0.15, -0.1) is 0 Å². The lowest BCUT2D eigenvalue weighted by atomic mass is 10.2. The lowest BCUT2D eigenvalue weighted by Crippen LogP contribution is -2.19. The van der Waals surface area contributed by atoms with Crippen LogP contribution in [0.15, 0.2) is 24.3 Å². The van der Waals surface area contributed by atoms with Crippen LogP contribution in [-0.2, 0) is 9.53 Å². The summed E-state index contributed by atoms with van der Waals surface area (Å²) in [6, 6.07) is 7.00. The van der Waals surface area contributed by atoms with Gasteiger partial charge in [0, 0.05) is 18.0 Å². The lowest BCUT2D eigenvalue weighted by molar-refractivity contribution is -0.120. The van der Waals surface area contributed by atoms with Crippen molar-refractivity contribution in [3.8, 4) is 0 Å². The summed E-state index contributed by atoms with van der Waals surface area (Å²) in [5, 5.41) is 2.72. The highest BCUT2D eigenvalue weighted by atomic mass is 16.5. The first-order valence-electron chi connectivity index (χ1n) is 5.31. The third-order valence-electron chi connectivity index (χ3n) is 1.88. The Hall–Kier alpha value is -1.55. The van der Waals surface area contributed by atoms with Crippen LogP contribution in [0.1, 0.15) is 13.8 Å². The van der Waals surface area contributed by atoms with Crippen molar-refractivity contribution in [2.45, 2.75) is 13.8 Å². The van der Waals surface area contributed by atoms with Crippen LogP contribution in [0.5, 0.6) is 0 Å². The van der Waals surface area contributed by atoms with Crippen molar-refractivity contribution < 1.29 is 9.53 Å². The Labute approximate surface area is 95.8 Å². The smallest absolute Gasteiger partial charge is 0.250 e. The van der Waals surface area contributed by atoms with Gasteiger partial charge >= 0.3 is 0 Å². The molecule has 0 unspecified atom stereocenters. The second kappa shape index (κ2) is 6.12. The molecule has 0 radical (unpaired) electrons. The maximum Gasteiger partial charge on any atom is 0.250 e. The summed E-state index contributed by atoms with van der Waals surface area (Å²) in [5.74, 6) is 0.287. The van der Waals surface area contributed by atoms with Gasteiger partial charge in [0.25, 0.3) is 0 Å². The Morgan fingerprint density at radius 3 is 2.56 bits per heavy atom. The van der Waals surface area contributed by atoms with Crippen molar-refractivity contribution in [2.75, 3.05) is 24.3 Å². The number of nitrogens with two attached hydrogens (primary N) is 1. The van der Waals surface area contributed by atoms with Crippen molar-refractivity contribution in [2.24, 2.45) is 5.92 Å². The van der Waals surface area contributed by atoms with Gasteiger partial charge in [-0.25, -0.2) is 0 Å². The second-order valence-electron chi connectivity index (χ2n) is 4.08. The number of amides is 1. The van der Waals surface area contributed by atoms with E-state index in [2.05, 4.69) is 5.32 Å². The van der Waals surface area contributed by atoms with E-state index in [9.17, 15) is 4.79 Å². The standard InChI is InChI=1S/C12H18N2O2/c1-9(2)7-16-8-12(15)14-11-5-3-10(13)4-6-11/h3-6,9H,7-8,13H2,1-2H3,(H,14,15). The molecule has 0 aliphatic carbocycles. The molecule has 0 heterocycles. The molecule has 4 nitrogen and oxygen atoms in total. The van der Waals surface area contributed by atoms with E-state index < -0.39 is 0 Å². The number of nitrogen functional groups attached to an aromatic ring is 1. The summed E-state index contributed by atoms with van der Waals surface area (Å²) in [7, 11) is 0. The number of carbonyl (C=O) groups is 1. The van der Waals surface area contributed by atoms with Gasteiger partial charge < -0.3 is 15.8 Å². The van der Waals surface area contributed by atoms with Gasteiger partial charge in [-0.2, -0.15) is 0 Å². The van der Waals surface area contributed by atoms with E-state index in [1.165, 1.54) is 0 Å². The summed E-state index contributed by atoms with van der Waals surface area (Å²) in [6.45, 7) is 4.76. The van der Waals surface area contributed by atoms with Crippen molar-refractivity contribution in [3.05, 3.63) is 24.3 Å². The van der Waals surface area contributed by atoms with Crippen molar-refractivity contribution in [1.82, 2.24) is 0 Å². The predicted octanol–water partition coefficient (Wildman–Crippen LogP) is 1.88. The molecule has 0 spiro atoms. The minimum atomic E-state index is -0.148. The average Bonchev–Trinajstić information content (AvgIpc) is 2.21. The number of carbonyl (C=O) groups excluding carboxylic acids is 1. The summed E-state index contributed by atoms with van der Waals surface area (Å²) in [4.78, 5) is 11.4. The average molecular weight is 222 g/mol. The molecule has 0 fully saturated rings. The fourth-order valence-corrected chi connectivity index (χ4v) is 1.15. The molecule has 1 rings (SSSR count). The van der Waals surface area contributed by atoms with Crippen LogP contribution in [-0.4, -0.2) is 19.1 Å². The minimum Gasteiger partial charge on any atom is -0.399 e. The molecule has 3 N–H and O–H groups in total. The zero-order valence-corrected chi connectivity index (χ0v) is 9.69. The van der Waals surface area contributed by atoms with E-state index >= 15 is 0 Å². The highest BCUT2D eigenvalue weighted by molar-refractivity contribution is 5.91. The summed E-state index contributed by atoms with van der Waals surface area (Å²) < 4.78 is 5.22. The molecule has 0 saturated carbocycles. The first kappa shape index (κ1) is 12.5. The van der Waals surface area contributed by atoms with Gasteiger partial charge in [0.15, 0.2) is 0 Å². The van der Waals surface area contributed by atoms with Crippen LogP contribution in [0.3, 0.4) is 0 Å². The molecule has 88 valence electrons. The number of hydrogen-bond acceptors (Lipinski definition) is 3. The van der Waals surface area contributed by atoms with Gasteiger partial charge in [0.1, 0.15) is 6.61 Å². The molecule has 1 aromatic carbocycles. The molecule has 16 heavy (non-hydrogen) atoms. The van der Waals surface area contributed by atoms with Crippen LogP contribution in [0.2, 0.25) is 0 Å². The molecule has 1 aromatic rings. The summed E-state index contributed by atoms with van der Waals surface area (Å²) in [5.41, 5.74) is 6.94. The van der Waals surface area contributed by atoms with Gasteiger partial charge in [-0.3, -0.25) is 4.79 Å². The van der Waals surface area contributed by atoms with Crippen LogP contribution < -0.4 is 11.1 Å². The second-order valence-corrected chi connectivity index (χ2v) is 4.08. The Bertz CT molecular complexity index is 333. The number of nitrogens with one attached hydrogen (secondary N) is 1. The van der Waals surface area contributed by atoms with Crippen LogP contribution in [0.25, 0.3) is 0 Å². The number of rotatable bonds is 5. The molecular formula is C12H18N2O2. The molecule has 0 saturated heterocycles. The largest absolute Gasteiger partial charge is 0.399 e. The van der Waals surface area contributed by atoms with E-state index in [1.807, 2.05) is 13.8 Å². The van der Waals surface area contributed by atoms with Crippen LogP contribution in [0.4, 0.5) is 11.4 Å². The maximum atomic E-state index is 11.4. The number of hydrogen-bond donors (Lipinski definition) is 2. The number of ether oxygens (including phenoxy) is 1. The van der Waals surface area contributed by atoms with E-state index in [-0.39, 0.29) is 12.5 Å². The Morgan fingerprint density at radius 2 is 2.00 bits per heavy atom. The fourth-order valence-electron chi connectivity index (χ4n) is 1.15. The molecule has 4 heteroatoms. The molecule has 0 aromatic heterocycles. The third kappa shape index (κ3) is 4.79. The van der Waals surface area contributed by atoms with E-state index in [1.54, 1.807) is 24.3 Å². The summed E-state index contributed by atoms with van der Waals surface area (Å²) in [6.07, 6.45) is 0. The fraction of sp³-hybridized carbons (Fsp3) is 0.417. The van der Waals surface area contributed by atoms with E-state index in [0.717, 1.165) is 5.69 Å². The predicted molar refractivity (Wildman–Crippen MR) is 65.1 cm³/mol. The van der Waals surface area contributed by atoms with Gasteiger partial charge in [-0.1, -0.05) is 13.8 Å². The van der Waals surface area contributed by atoms with E-state index in [4.69, 9.17) is 10.5 Å². The first-order valence-corrected chi connectivity index (χ1v) is 5.31. The quantitative estimate of drug-likeness (QED) is 0.748. The molecule has 0 bridgehead atoms. The zero-order chi connectivity index (χ0) is 12.0. The maximum absolute atomic E-state index is 11.4. The Balaban J connectivity index is 2.31. The molecule has 0 aliphatic rings. The SMILES string of the molecule is CC(C)COCC(=O)Nc1ccc(N)cc1. The zero-order valence-electron chi connectivity index (χ0n) is 9.69.